The number of rotatable bonds is 7. The van der Waals surface area contributed by atoms with Gasteiger partial charge in [-0.05, 0) is 17.7 Å². The summed E-state index contributed by atoms with van der Waals surface area (Å²) in [7, 11) is 3.08. The van der Waals surface area contributed by atoms with Crippen molar-refractivity contribution in [1.29, 1.82) is 0 Å². The van der Waals surface area contributed by atoms with Gasteiger partial charge in [0.05, 0.1) is 31.4 Å². The Hall–Kier alpha value is -3.79. The third-order valence-electron chi connectivity index (χ3n) is 4.46. The molecule has 0 fully saturated rings. The number of amides is 1. The molecule has 4 aromatic rings. The maximum atomic E-state index is 12.6. The van der Waals surface area contributed by atoms with Gasteiger partial charge in [0.1, 0.15) is 11.5 Å². The number of nitrogens with one attached hydrogen (secondary N) is 2. The van der Waals surface area contributed by atoms with Crippen LogP contribution in [0.2, 0.25) is 0 Å². The molecular formula is C21H19N5O4S. The first kappa shape index (κ1) is 20.5. The molecule has 2 aromatic carbocycles. The standard InChI is InChI=1S/C21H19N5O4S/c1-29-14-8-9-17(30-2)15(10-14)22-19(28)12-31-21-25-24-20-23-18(27)11-16(26(20)21)13-6-4-3-5-7-13/h3-11H,12H2,1-2H3,(H,22,28)(H,23,24,27). The summed E-state index contributed by atoms with van der Waals surface area (Å²) in [5, 5.41) is 11.5. The summed E-state index contributed by atoms with van der Waals surface area (Å²) in [5.41, 5.74) is 1.71. The summed E-state index contributed by atoms with van der Waals surface area (Å²) in [6.45, 7) is 0. The van der Waals surface area contributed by atoms with Crippen LogP contribution in [0.4, 0.5) is 5.69 Å². The second-order valence-electron chi connectivity index (χ2n) is 6.43. The van der Waals surface area contributed by atoms with Crippen LogP contribution in [-0.2, 0) is 4.79 Å². The molecule has 0 aliphatic heterocycles. The number of anilines is 1. The summed E-state index contributed by atoms with van der Waals surface area (Å²) in [4.78, 5) is 27.3. The third-order valence-corrected chi connectivity index (χ3v) is 5.39. The van der Waals surface area contributed by atoms with Gasteiger partial charge >= 0.3 is 0 Å². The molecule has 1 amide bonds. The van der Waals surface area contributed by atoms with Crippen molar-refractivity contribution in [1.82, 2.24) is 19.6 Å². The Balaban J connectivity index is 1.58. The summed E-state index contributed by atoms with van der Waals surface area (Å²) in [5.74, 6) is 1.26. The van der Waals surface area contributed by atoms with E-state index in [0.717, 1.165) is 5.56 Å². The van der Waals surface area contributed by atoms with Crippen LogP contribution in [-0.4, -0.2) is 45.5 Å². The molecule has 10 heteroatoms. The lowest BCUT2D eigenvalue weighted by Gasteiger charge is -2.11. The second kappa shape index (κ2) is 8.92. The number of thioether (sulfide) groups is 1. The highest BCUT2D eigenvalue weighted by Gasteiger charge is 2.16. The monoisotopic (exact) mass is 437 g/mol. The van der Waals surface area contributed by atoms with Crippen molar-refractivity contribution in [3.63, 3.8) is 0 Å². The molecule has 0 saturated carbocycles. The van der Waals surface area contributed by atoms with Crippen molar-refractivity contribution >= 4 is 29.1 Å². The molecular weight excluding hydrogens is 418 g/mol. The average molecular weight is 437 g/mol. The van der Waals surface area contributed by atoms with Gasteiger partial charge in [0, 0.05) is 12.1 Å². The highest BCUT2D eigenvalue weighted by molar-refractivity contribution is 7.99. The number of nitrogens with zero attached hydrogens (tertiary/aromatic N) is 3. The zero-order valence-electron chi connectivity index (χ0n) is 16.8. The Labute approximate surface area is 181 Å². The van der Waals surface area contributed by atoms with Crippen LogP contribution in [0, 0.1) is 0 Å². The topological polar surface area (TPSA) is 111 Å². The van der Waals surface area contributed by atoms with Gasteiger partial charge < -0.3 is 14.8 Å². The van der Waals surface area contributed by atoms with Crippen LogP contribution in [0.15, 0.2) is 64.5 Å². The fourth-order valence-corrected chi connectivity index (χ4v) is 3.79. The first-order chi connectivity index (χ1) is 15.1. The minimum Gasteiger partial charge on any atom is -0.497 e. The number of hydrogen-bond donors (Lipinski definition) is 2. The molecule has 4 rings (SSSR count). The van der Waals surface area contributed by atoms with Gasteiger partial charge in [-0.1, -0.05) is 42.1 Å². The maximum absolute atomic E-state index is 12.6. The van der Waals surface area contributed by atoms with Gasteiger partial charge in [0.25, 0.3) is 5.56 Å². The normalized spacial score (nSPS) is 10.8. The van der Waals surface area contributed by atoms with E-state index in [0.29, 0.717) is 33.8 Å². The third kappa shape index (κ3) is 4.38. The molecule has 0 atom stereocenters. The first-order valence-electron chi connectivity index (χ1n) is 9.27. The van der Waals surface area contributed by atoms with Crippen molar-refractivity contribution in [3.05, 3.63) is 65.0 Å². The minimum absolute atomic E-state index is 0.0779. The minimum atomic E-state index is -0.279. The fraction of sp³-hybridized carbons (Fsp3) is 0.143. The number of ether oxygens (including phenoxy) is 2. The highest BCUT2D eigenvalue weighted by Crippen LogP contribution is 2.29. The zero-order valence-corrected chi connectivity index (χ0v) is 17.6. The van der Waals surface area contributed by atoms with Crippen LogP contribution in [0.1, 0.15) is 0 Å². The van der Waals surface area contributed by atoms with E-state index >= 15 is 0 Å². The molecule has 158 valence electrons. The van der Waals surface area contributed by atoms with Crippen molar-refractivity contribution in [3.8, 4) is 22.8 Å². The van der Waals surface area contributed by atoms with Crippen LogP contribution < -0.4 is 20.3 Å². The number of carbonyl (C=O) groups excluding carboxylic acids is 1. The van der Waals surface area contributed by atoms with Crippen LogP contribution >= 0.6 is 11.8 Å². The predicted octanol–water partition coefficient (Wildman–Crippen LogP) is 2.83. The van der Waals surface area contributed by atoms with Gasteiger partial charge in [-0.15, -0.1) is 10.2 Å². The van der Waals surface area contributed by atoms with Crippen LogP contribution in [0.25, 0.3) is 17.0 Å². The molecule has 0 bridgehead atoms. The molecule has 0 radical (unpaired) electrons. The molecule has 2 aromatic heterocycles. The van der Waals surface area contributed by atoms with E-state index in [1.807, 2.05) is 30.3 Å². The molecule has 2 N–H and O–H groups in total. The number of aromatic nitrogens is 4. The maximum Gasteiger partial charge on any atom is 0.252 e. The summed E-state index contributed by atoms with van der Waals surface area (Å²) in [6, 6.07) is 16.1. The molecule has 31 heavy (non-hydrogen) atoms. The number of hydrogen-bond acceptors (Lipinski definition) is 7. The largest absolute Gasteiger partial charge is 0.497 e. The van der Waals surface area contributed by atoms with E-state index in [4.69, 9.17) is 9.47 Å². The molecule has 0 unspecified atom stereocenters. The number of H-pyrrole nitrogens is 1. The number of carbonyl (C=O) groups is 1. The molecule has 9 nitrogen and oxygen atoms in total. The first-order valence-corrected chi connectivity index (χ1v) is 10.3. The van der Waals surface area contributed by atoms with Gasteiger partial charge in [-0.25, -0.2) is 0 Å². The van der Waals surface area contributed by atoms with Gasteiger partial charge in [0.2, 0.25) is 11.7 Å². The lowest BCUT2D eigenvalue weighted by atomic mass is 10.1. The van der Waals surface area contributed by atoms with Gasteiger partial charge in [0.15, 0.2) is 5.16 Å². The quantitative estimate of drug-likeness (QED) is 0.428. The Bertz CT molecular complexity index is 1290. The van der Waals surface area contributed by atoms with Gasteiger partial charge in [-0.3, -0.25) is 19.0 Å². The van der Waals surface area contributed by atoms with Crippen LogP contribution in [0.5, 0.6) is 11.5 Å². The van der Waals surface area contributed by atoms with Crippen LogP contribution in [0.3, 0.4) is 0 Å². The number of benzene rings is 2. The smallest absolute Gasteiger partial charge is 0.252 e. The zero-order chi connectivity index (χ0) is 21.8. The second-order valence-corrected chi connectivity index (χ2v) is 7.37. The van der Waals surface area contributed by atoms with Gasteiger partial charge in [-0.2, -0.15) is 0 Å². The lowest BCUT2D eigenvalue weighted by molar-refractivity contribution is -0.113. The summed E-state index contributed by atoms with van der Waals surface area (Å²) >= 11 is 1.21. The predicted molar refractivity (Wildman–Crippen MR) is 118 cm³/mol. The Morgan fingerprint density at radius 1 is 1.10 bits per heavy atom. The summed E-state index contributed by atoms with van der Waals surface area (Å²) in [6.07, 6.45) is 0. The Morgan fingerprint density at radius 3 is 2.65 bits per heavy atom. The van der Waals surface area contributed by atoms with E-state index in [1.165, 1.54) is 24.9 Å². The average Bonchev–Trinajstić information content (AvgIpc) is 3.20. The van der Waals surface area contributed by atoms with E-state index in [9.17, 15) is 9.59 Å². The number of aromatic amines is 1. The fourth-order valence-electron chi connectivity index (χ4n) is 3.05. The van der Waals surface area contributed by atoms with E-state index in [-0.39, 0.29) is 17.2 Å². The lowest BCUT2D eigenvalue weighted by Crippen LogP contribution is -2.15. The van der Waals surface area contributed by atoms with Crippen molar-refractivity contribution in [2.24, 2.45) is 0 Å². The van der Waals surface area contributed by atoms with Crippen molar-refractivity contribution in [2.45, 2.75) is 5.16 Å². The molecule has 0 saturated heterocycles. The number of methoxy groups -OCH3 is 2. The molecule has 0 spiro atoms. The number of fused-ring (bicyclic) bond motifs is 1. The van der Waals surface area contributed by atoms with Crippen molar-refractivity contribution < 1.29 is 14.3 Å². The highest BCUT2D eigenvalue weighted by atomic mass is 32.2. The van der Waals surface area contributed by atoms with E-state index in [1.54, 1.807) is 29.7 Å². The van der Waals surface area contributed by atoms with Crippen molar-refractivity contribution in [2.75, 3.05) is 25.3 Å². The summed E-state index contributed by atoms with van der Waals surface area (Å²) < 4.78 is 12.2. The molecule has 0 aliphatic rings. The van der Waals surface area contributed by atoms with E-state index in [2.05, 4.69) is 20.5 Å². The molecule has 0 aliphatic carbocycles. The SMILES string of the molecule is COc1ccc(OC)c(NC(=O)CSc2nnc3[nH]c(=O)cc(-c4ccccc4)n23)c1. The Kier molecular flexibility index (Phi) is 5.89. The van der Waals surface area contributed by atoms with E-state index < -0.39 is 0 Å². The Morgan fingerprint density at radius 2 is 1.90 bits per heavy atom. The molecule has 2 heterocycles.